The highest BCUT2D eigenvalue weighted by molar-refractivity contribution is 5.48. The van der Waals surface area contributed by atoms with Crippen molar-refractivity contribution in [2.75, 3.05) is 11.9 Å². The molecular weight excluding hydrogens is 236 g/mol. The second-order valence-electron chi connectivity index (χ2n) is 4.87. The first kappa shape index (κ1) is 13.6. The van der Waals surface area contributed by atoms with Crippen LogP contribution in [0.2, 0.25) is 0 Å². The van der Waals surface area contributed by atoms with Crippen molar-refractivity contribution in [1.82, 2.24) is 4.98 Å². The van der Waals surface area contributed by atoms with Gasteiger partial charge in [0.05, 0.1) is 6.10 Å². The minimum Gasteiger partial charge on any atom is -0.389 e. The van der Waals surface area contributed by atoms with Crippen LogP contribution in [0.3, 0.4) is 0 Å². The Morgan fingerprint density at radius 1 is 1.21 bits per heavy atom. The Hall–Kier alpha value is -1.87. The lowest BCUT2D eigenvalue weighted by Gasteiger charge is -2.23. The zero-order chi connectivity index (χ0) is 13.8. The topological polar surface area (TPSA) is 36.4 Å². The van der Waals surface area contributed by atoms with Gasteiger partial charge in [-0.15, -0.1) is 0 Å². The normalized spacial score (nSPS) is 12.2. The second kappa shape index (κ2) is 5.85. The highest BCUT2D eigenvalue weighted by Crippen LogP contribution is 2.24. The number of aryl methyl sites for hydroxylation is 1. The summed E-state index contributed by atoms with van der Waals surface area (Å²) in [5, 5.41) is 9.81. The maximum absolute atomic E-state index is 9.81. The third-order valence-electron chi connectivity index (χ3n) is 3.30. The highest BCUT2D eigenvalue weighted by atomic mass is 16.3. The van der Waals surface area contributed by atoms with E-state index in [1.807, 2.05) is 31.3 Å². The molecule has 1 heterocycles. The van der Waals surface area contributed by atoms with Crippen molar-refractivity contribution in [3.8, 4) is 0 Å². The molecule has 2 aromatic rings. The van der Waals surface area contributed by atoms with Crippen molar-refractivity contribution in [1.29, 1.82) is 0 Å². The molecule has 0 aliphatic rings. The summed E-state index contributed by atoms with van der Waals surface area (Å²) in [5.74, 6) is 0.834. The first-order chi connectivity index (χ1) is 9.09. The summed E-state index contributed by atoms with van der Waals surface area (Å²) in [6.45, 7) is 4.66. The number of aliphatic hydroxyl groups excluding tert-OH is 1. The van der Waals surface area contributed by atoms with Gasteiger partial charge >= 0.3 is 0 Å². The number of pyridine rings is 1. The molecule has 3 nitrogen and oxygen atoms in total. The Kier molecular flexibility index (Phi) is 4.17. The van der Waals surface area contributed by atoms with Gasteiger partial charge in [-0.1, -0.05) is 30.3 Å². The Bertz CT molecular complexity index is 552. The molecule has 0 spiro atoms. The van der Waals surface area contributed by atoms with Crippen LogP contribution in [0.25, 0.3) is 0 Å². The van der Waals surface area contributed by atoms with E-state index in [-0.39, 0.29) is 0 Å². The Morgan fingerprint density at radius 2 is 1.95 bits per heavy atom. The molecule has 1 atom stereocenters. The number of aromatic nitrogens is 1. The van der Waals surface area contributed by atoms with Crippen molar-refractivity contribution in [3.05, 3.63) is 59.3 Å². The Morgan fingerprint density at radius 3 is 2.63 bits per heavy atom. The van der Waals surface area contributed by atoms with Gasteiger partial charge in [0.25, 0.3) is 0 Å². The molecule has 1 aromatic heterocycles. The molecule has 0 fully saturated rings. The number of hydrogen-bond donors (Lipinski definition) is 1. The fraction of sp³-hybridized carbons (Fsp3) is 0.312. The largest absolute Gasteiger partial charge is 0.389 e. The van der Waals surface area contributed by atoms with Crippen LogP contribution in [0, 0.1) is 6.92 Å². The number of rotatable bonds is 4. The van der Waals surface area contributed by atoms with Gasteiger partial charge in [0.15, 0.2) is 0 Å². The average Bonchev–Trinajstić information content (AvgIpc) is 2.41. The zero-order valence-corrected chi connectivity index (χ0v) is 11.7. The second-order valence-corrected chi connectivity index (χ2v) is 4.87. The number of benzene rings is 1. The average molecular weight is 256 g/mol. The van der Waals surface area contributed by atoms with Crippen molar-refractivity contribution >= 4 is 5.82 Å². The summed E-state index contributed by atoms with van der Waals surface area (Å²) in [6.07, 6.45) is 1.25. The third kappa shape index (κ3) is 3.12. The molecule has 0 saturated carbocycles. The number of aliphatic hydroxyl groups is 1. The minimum absolute atomic E-state index is 0.511. The van der Waals surface area contributed by atoms with Gasteiger partial charge in [-0.25, -0.2) is 4.98 Å². The fourth-order valence-electron chi connectivity index (χ4n) is 2.17. The summed E-state index contributed by atoms with van der Waals surface area (Å²) in [6, 6.07) is 12.1. The van der Waals surface area contributed by atoms with E-state index in [1.165, 1.54) is 11.1 Å². The van der Waals surface area contributed by atoms with Crippen LogP contribution in [0.5, 0.6) is 0 Å². The van der Waals surface area contributed by atoms with Crippen LogP contribution < -0.4 is 4.90 Å². The van der Waals surface area contributed by atoms with Crippen molar-refractivity contribution in [3.63, 3.8) is 0 Å². The maximum atomic E-state index is 9.81. The van der Waals surface area contributed by atoms with E-state index in [1.54, 1.807) is 13.1 Å². The van der Waals surface area contributed by atoms with Gasteiger partial charge in [-0.05, 0) is 31.0 Å². The summed E-state index contributed by atoms with van der Waals surface area (Å²) >= 11 is 0. The molecule has 1 N–H and O–H groups in total. The maximum Gasteiger partial charge on any atom is 0.134 e. The molecule has 2 rings (SSSR count). The zero-order valence-electron chi connectivity index (χ0n) is 11.7. The van der Waals surface area contributed by atoms with Crippen LogP contribution in [-0.4, -0.2) is 17.1 Å². The summed E-state index contributed by atoms with van der Waals surface area (Å²) in [4.78, 5) is 6.47. The van der Waals surface area contributed by atoms with Crippen LogP contribution >= 0.6 is 0 Å². The van der Waals surface area contributed by atoms with Crippen molar-refractivity contribution in [2.45, 2.75) is 26.5 Å². The SMILES string of the molecule is Cc1ccccc1CN(C)c1ncccc1C(C)O. The van der Waals surface area contributed by atoms with Gasteiger partial charge in [0.2, 0.25) is 0 Å². The van der Waals surface area contributed by atoms with Gasteiger partial charge in [-0.2, -0.15) is 0 Å². The van der Waals surface area contributed by atoms with E-state index in [4.69, 9.17) is 0 Å². The van der Waals surface area contributed by atoms with Gasteiger partial charge in [-0.3, -0.25) is 0 Å². The van der Waals surface area contributed by atoms with Crippen LogP contribution in [0.4, 0.5) is 5.82 Å². The molecule has 1 unspecified atom stereocenters. The van der Waals surface area contributed by atoms with Crippen LogP contribution in [0.15, 0.2) is 42.6 Å². The van der Waals surface area contributed by atoms with Crippen LogP contribution in [0.1, 0.15) is 29.7 Å². The standard InChI is InChI=1S/C16H20N2O/c1-12-7-4-5-8-14(12)11-18(3)16-15(13(2)19)9-6-10-17-16/h4-10,13,19H,11H2,1-3H3. The van der Waals surface area contributed by atoms with E-state index >= 15 is 0 Å². The van der Waals surface area contributed by atoms with E-state index < -0.39 is 6.10 Å². The molecule has 1 aromatic carbocycles. The fourth-order valence-corrected chi connectivity index (χ4v) is 2.17. The van der Waals surface area contributed by atoms with Crippen molar-refractivity contribution in [2.24, 2.45) is 0 Å². The summed E-state index contributed by atoms with van der Waals surface area (Å²) in [5.41, 5.74) is 3.40. The smallest absolute Gasteiger partial charge is 0.134 e. The van der Waals surface area contributed by atoms with E-state index in [0.29, 0.717) is 0 Å². The molecular formula is C16H20N2O. The summed E-state index contributed by atoms with van der Waals surface area (Å²) < 4.78 is 0. The molecule has 100 valence electrons. The van der Waals surface area contributed by atoms with E-state index in [9.17, 15) is 5.11 Å². The number of anilines is 1. The van der Waals surface area contributed by atoms with Gasteiger partial charge in [0, 0.05) is 25.4 Å². The molecule has 0 aliphatic carbocycles. The lowest BCUT2D eigenvalue weighted by atomic mass is 10.1. The number of nitrogens with zero attached hydrogens (tertiary/aromatic N) is 2. The lowest BCUT2D eigenvalue weighted by molar-refractivity contribution is 0.199. The predicted molar refractivity (Wildman–Crippen MR) is 78.2 cm³/mol. The van der Waals surface area contributed by atoms with Crippen molar-refractivity contribution < 1.29 is 5.11 Å². The molecule has 0 bridgehead atoms. The molecule has 0 amide bonds. The highest BCUT2D eigenvalue weighted by Gasteiger charge is 2.13. The van der Waals surface area contributed by atoms with E-state index in [2.05, 4.69) is 28.9 Å². The quantitative estimate of drug-likeness (QED) is 0.913. The third-order valence-corrected chi connectivity index (χ3v) is 3.30. The van der Waals surface area contributed by atoms with Gasteiger partial charge < -0.3 is 10.0 Å². The van der Waals surface area contributed by atoms with Crippen LogP contribution in [-0.2, 0) is 6.54 Å². The Balaban J connectivity index is 2.26. The molecule has 0 radical (unpaired) electrons. The molecule has 19 heavy (non-hydrogen) atoms. The summed E-state index contributed by atoms with van der Waals surface area (Å²) in [7, 11) is 2.00. The van der Waals surface area contributed by atoms with Gasteiger partial charge in [0.1, 0.15) is 5.82 Å². The molecule has 3 heteroatoms. The molecule has 0 aliphatic heterocycles. The Labute approximate surface area is 114 Å². The minimum atomic E-state index is -0.511. The first-order valence-electron chi connectivity index (χ1n) is 6.48. The number of hydrogen-bond acceptors (Lipinski definition) is 3. The predicted octanol–water partition coefficient (Wildman–Crippen LogP) is 3.08. The van der Waals surface area contributed by atoms with E-state index in [0.717, 1.165) is 17.9 Å². The lowest BCUT2D eigenvalue weighted by Crippen LogP contribution is -2.20. The first-order valence-corrected chi connectivity index (χ1v) is 6.48. The molecule has 0 saturated heterocycles. The monoisotopic (exact) mass is 256 g/mol.